The summed E-state index contributed by atoms with van der Waals surface area (Å²) in [4.78, 5) is 10.4. The van der Waals surface area contributed by atoms with Gasteiger partial charge in [0.1, 0.15) is 12.4 Å². The first kappa shape index (κ1) is 15.9. The maximum atomic E-state index is 12.6. The summed E-state index contributed by atoms with van der Waals surface area (Å²) in [6.45, 7) is 1.66. The van der Waals surface area contributed by atoms with Crippen molar-refractivity contribution in [2.75, 3.05) is 19.6 Å². The molecule has 0 bridgehead atoms. The molecule has 0 aromatic carbocycles. The molecule has 8 heteroatoms. The zero-order valence-corrected chi connectivity index (χ0v) is 12.5. The molecule has 1 atom stereocenters. The highest BCUT2D eigenvalue weighted by molar-refractivity contribution is 5.15. The number of hydrogen-bond donors (Lipinski definition) is 1. The van der Waals surface area contributed by atoms with Crippen LogP contribution in [0.2, 0.25) is 0 Å². The van der Waals surface area contributed by atoms with Crippen LogP contribution in [-0.2, 0) is 13.1 Å². The van der Waals surface area contributed by atoms with Gasteiger partial charge in [0.15, 0.2) is 0 Å². The Morgan fingerprint density at radius 2 is 2.17 bits per heavy atom. The quantitative estimate of drug-likeness (QED) is 0.934. The van der Waals surface area contributed by atoms with E-state index in [9.17, 15) is 13.2 Å². The minimum Gasteiger partial charge on any atom is -0.325 e. The molecule has 3 rings (SSSR count). The van der Waals surface area contributed by atoms with Gasteiger partial charge < -0.3 is 9.88 Å². The average molecular weight is 325 g/mol. The molecule has 0 saturated carbocycles. The molecule has 0 aliphatic carbocycles. The summed E-state index contributed by atoms with van der Waals surface area (Å²) in [5, 5.41) is 3.32. The van der Waals surface area contributed by atoms with Crippen molar-refractivity contribution in [2.24, 2.45) is 0 Å². The monoisotopic (exact) mass is 325 g/mol. The lowest BCUT2D eigenvalue weighted by atomic mass is 10.1. The van der Waals surface area contributed by atoms with Crippen LogP contribution in [0.4, 0.5) is 13.2 Å². The number of halogens is 3. The van der Waals surface area contributed by atoms with Gasteiger partial charge in [0, 0.05) is 50.5 Å². The SMILES string of the molecule is FC(F)(F)Cn1ccnc1CN1CCNCC1c1cccnc1. The van der Waals surface area contributed by atoms with Crippen molar-refractivity contribution in [1.82, 2.24) is 24.8 Å². The number of nitrogens with zero attached hydrogens (tertiary/aromatic N) is 4. The Morgan fingerprint density at radius 1 is 1.30 bits per heavy atom. The third-order valence-electron chi connectivity index (χ3n) is 3.92. The highest BCUT2D eigenvalue weighted by Crippen LogP contribution is 2.24. The summed E-state index contributed by atoms with van der Waals surface area (Å²) in [6.07, 6.45) is 2.06. The Labute approximate surface area is 132 Å². The predicted molar refractivity (Wildman–Crippen MR) is 78.5 cm³/mol. The largest absolute Gasteiger partial charge is 0.406 e. The first-order valence-corrected chi connectivity index (χ1v) is 7.44. The molecule has 1 aliphatic heterocycles. The summed E-state index contributed by atoms with van der Waals surface area (Å²) in [5.41, 5.74) is 1.05. The first-order chi connectivity index (χ1) is 11.0. The van der Waals surface area contributed by atoms with E-state index in [1.165, 1.54) is 17.0 Å². The second kappa shape index (κ2) is 6.67. The van der Waals surface area contributed by atoms with Crippen molar-refractivity contribution in [1.29, 1.82) is 0 Å². The lowest BCUT2D eigenvalue weighted by molar-refractivity contribution is -0.141. The second-order valence-corrected chi connectivity index (χ2v) is 5.56. The molecule has 2 aromatic rings. The topological polar surface area (TPSA) is 46.0 Å². The minimum absolute atomic E-state index is 0.0773. The van der Waals surface area contributed by atoms with Crippen molar-refractivity contribution >= 4 is 0 Å². The molecule has 23 heavy (non-hydrogen) atoms. The molecule has 1 aliphatic rings. The minimum atomic E-state index is -4.25. The number of pyridine rings is 1. The van der Waals surface area contributed by atoms with E-state index in [1.807, 2.05) is 12.1 Å². The first-order valence-electron chi connectivity index (χ1n) is 7.44. The Morgan fingerprint density at radius 3 is 2.91 bits per heavy atom. The fraction of sp³-hybridized carbons (Fsp3) is 0.467. The Bertz CT molecular complexity index is 626. The summed E-state index contributed by atoms with van der Waals surface area (Å²) >= 11 is 0. The summed E-state index contributed by atoms with van der Waals surface area (Å²) in [6, 6.07) is 3.93. The molecule has 0 spiro atoms. The Balaban J connectivity index is 1.77. The lowest BCUT2D eigenvalue weighted by Crippen LogP contribution is -2.46. The lowest BCUT2D eigenvalue weighted by Gasteiger charge is -2.36. The summed E-state index contributed by atoms with van der Waals surface area (Å²) < 4.78 is 39.1. The van der Waals surface area contributed by atoms with E-state index in [-0.39, 0.29) is 6.04 Å². The van der Waals surface area contributed by atoms with Crippen LogP contribution in [0.25, 0.3) is 0 Å². The van der Waals surface area contributed by atoms with Crippen LogP contribution in [0.5, 0.6) is 0 Å². The second-order valence-electron chi connectivity index (χ2n) is 5.56. The summed E-state index contributed by atoms with van der Waals surface area (Å²) in [5.74, 6) is 0.429. The maximum absolute atomic E-state index is 12.6. The average Bonchev–Trinajstić information content (AvgIpc) is 2.94. The van der Waals surface area contributed by atoms with Crippen molar-refractivity contribution in [2.45, 2.75) is 25.3 Å². The number of alkyl halides is 3. The zero-order chi connectivity index (χ0) is 16.3. The van der Waals surface area contributed by atoms with E-state index in [0.717, 1.165) is 25.2 Å². The molecule has 5 nitrogen and oxygen atoms in total. The van der Waals surface area contributed by atoms with Gasteiger partial charge in [-0.2, -0.15) is 13.2 Å². The van der Waals surface area contributed by atoms with Crippen molar-refractivity contribution in [3.05, 3.63) is 48.3 Å². The van der Waals surface area contributed by atoms with E-state index in [1.54, 1.807) is 12.4 Å². The number of piperazine rings is 1. The van der Waals surface area contributed by atoms with Crippen LogP contribution in [0.15, 0.2) is 36.9 Å². The van der Waals surface area contributed by atoms with Gasteiger partial charge in [-0.25, -0.2) is 4.98 Å². The molecule has 1 saturated heterocycles. The van der Waals surface area contributed by atoms with Gasteiger partial charge in [0.25, 0.3) is 0 Å². The van der Waals surface area contributed by atoms with Crippen molar-refractivity contribution < 1.29 is 13.2 Å². The number of aromatic nitrogens is 3. The van der Waals surface area contributed by atoms with Crippen LogP contribution in [0.3, 0.4) is 0 Å². The van der Waals surface area contributed by atoms with E-state index >= 15 is 0 Å². The molecule has 124 valence electrons. The molecule has 3 heterocycles. The van der Waals surface area contributed by atoms with E-state index in [2.05, 4.69) is 20.2 Å². The Hall–Kier alpha value is -1.93. The highest BCUT2D eigenvalue weighted by Gasteiger charge is 2.30. The highest BCUT2D eigenvalue weighted by atomic mass is 19.4. The molecular weight excluding hydrogens is 307 g/mol. The molecular formula is C15H18F3N5. The van der Waals surface area contributed by atoms with Gasteiger partial charge in [-0.3, -0.25) is 9.88 Å². The molecule has 0 amide bonds. The number of rotatable bonds is 4. The molecule has 0 radical (unpaired) electrons. The Kier molecular flexibility index (Phi) is 4.63. The normalized spacial score (nSPS) is 19.9. The summed E-state index contributed by atoms with van der Waals surface area (Å²) in [7, 11) is 0. The van der Waals surface area contributed by atoms with Gasteiger partial charge in [0.2, 0.25) is 0 Å². The molecule has 1 fully saturated rings. The molecule has 1 N–H and O–H groups in total. The molecule has 1 unspecified atom stereocenters. The van der Waals surface area contributed by atoms with Crippen molar-refractivity contribution in [3.8, 4) is 0 Å². The maximum Gasteiger partial charge on any atom is 0.406 e. The number of imidazole rings is 1. The zero-order valence-electron chi connectivity index (χ0n) is 12.5. The van der Waals surface area contributed by atoms with Crippen LogP contribution < -0.4 is 5.32 Å². The predicted octanol–water partition coefficient (Wildman–Crippen LogP) is 1.99. The van der Waals surface area contributed by atoms with Crippen LogP contribution in [0, 0.1) is 0 Å². The standard InChI is InChI=1S/C15H18F3N5/c16-15(17,18)11-23-7-5-21-14(23)10-22-6-4-20-9-13(22)12-2-1-3-19-8-12/h1-3,5,7-8,13,20H,4,6,9-11H2. The van der Waals surface area contributed by atoms with Gasteiger partial charge in [-0.15, -0.1) is 0 Å². The fourth-order valence-electron chi connectivity index (χ4n) is 2.85. The van der Waals surface area contributed by atoms with Crippen LogP contribution in [0.1, 0.15) is 17.4 Å². The van der Waals surface area contributed by atoms with Gasteiger partial charge >= 0.3 is 6.18 Å². The van der Waals surface area contributed by atoms with Crippen LogP contribution in [-0.4, -0.2) is 45.2 Å². The van der Waals surface area contributed by atoms with E-state index in [4.69, 9.17) is 0 Å². The fourth-order valence-corrected chi connectivity index (χ4v) is 2.85. The smallest absolute Gasteiger partial charge is 0.325 e. The van der Waals surface area contributed by atoms with Crippen molar-refractivity contribution in [3.63, 3.8) is 0 Å². The number of nitrogens with one attached hydrogen (secondary N) is 1. The van der Waals surface area contributed by atoms with E-state index < -0.39 is 12.7 Å². The van der Waals surface area contributed by atoms with E-state index in [0.29, 0.717) is 12.4 Å². The van der Waals surface area contributed by atoms with Gasteiger partial charge in [-0.1, -0.05) is 6.07 Å². The van der Waals surface area contributed by atoms with Crippen LogP contribution >= 0.6 is 0 Å². The third-order valence-corrected chi connectivity index (χ3v) is 3.92. The third kappa shape index (κ3) is 4.08. The van der Waals surface area contributed by atoms with Gasteiger partial charge in [-0.05, 0) is 11.6 Å². The van der Waals surface area contributed by atoms with Gasteiger partial charge in [0.05, 0.1) is 6.54 Å². The molecule has 2 aromatic heterocycles. The number of hydrogen-bond acceptors (Lipinski definition) is 4.